The zero-order valence-electron chi connectivity index (χ0n) is 15.9. The fourth-order valence-corrected chi connectivity index (χ4v) is 3.00. The predicted molar refractivity (Wildman–Crippen MR) is 108 cm³/mol. The first kappa shape index (κ1) is 19.3. The molecule has 1 aromatic heterocycles. The van der Waals surface area contributed by atoms with Gasteiger partial charge in [0.05, 0.1) is 17.2 Å². The Bertz CT molecular complexity index is 1070. The summed E-state index contributed by atoms with van der Waals surface area (Å²) in [6, 6.07) is 13.8. The number of aromatic nitrogens is 2. The molecule has 0 bridgehead atoms. The van der Waals surface area contributed by atoms with Crippen molar-refractivity contribution in [2.24, 2.45) is 0 Å². The van der Waals surface area contributed by atoms with Gasteiger partial charge in [0.1, 0.15) is 6.54 Å². The van der Waals surface area contributed by atoms with Gasteiger partial charge in [0, 0.05) is 24.3 Å². The summed E-state index contributed by atoms with van der Waals surface area (Å²) in [7, 11) is 0. The highest BCUT2D eigenvalue weighted by Crippen LogP contribution is 2.13. The number of hydrogen-bond acceptors (Lipinski definition) is 4. The number of para-hydroxylation sites is 1. The number of fused-ring (bicyclic) bond motifs is 1. The maximum atomic E-state index is 12.5. The molecule has 3 aromatic rings. The van der Waals surface area contributed by atoms with E-state index >= 15 is 0 Å². The molecule has 28 heavy (non-hydrogen) atoms. The van der Waals surface area contributed by atoms with Crippen LogP contribution in [0.15, 0.2) is 59.7 Å². The summed E-state index contributed by atoms with van der Waals surface area (Å²) in [5.74, 6) is -0.456. The largest absolute Gasteiger partial charge is 0.339 e. The summed E-state index contributed by atoms with van der Waals surface area (Å²) >= 11 is 0. The summed E-state index contributed by atoms with van der Waals surface area (Å²) in [5, 5.41) is 3.20. The summed E-state index contributed by atoms with van der Waals surface area (Å²) in [4.78, 5) is 43.3. The summed E-state index contributed by atoms with van der Waals surface area (Å²) in [6.07, 6.45) is 1.37. The molecule has 7 nitrogen and oxygen atoms in total. The maximum absolute atomic E-state index is 12.5. The summed E-state index contributed by atoms with van der Waals surface area (Å²) < 4.78 is 1.27. The third-order valence-electron chi connectivity index (χ3n) is 4.49. The van der Waals surface area contributed by atoms with Crippen LogP contribution in [0, 0.1) is 0 Å². The van der Waals surface area contributed by atoms with Crippen molar-refractivity contribution in [3.05, 3.63) is 70.8 Å². The molecule has 3 rings (SSSR count). The highest BCUT2D eigenvalue weighted by Gasteiger charge is 2.14. The molecular weight excluding hydrogens is 356 g/mol. The van der Waals surface area contributed by atoms with Crippen molar-refractivity contribution >= 4 is 28.4 Å². The molecule has 0 unspecified atom stereocenters. The van der Waals surface area contributed by atoms with E-state index in [4.69, 9.17) is 0 Å². The van der Waals surface area contributed by atoms with Crippen molar-refractivity contribution in [1.82, 2.24) is 14.5 Å². The normalized spacial score (nSPS) is 10.6. The van der Waals surface area contributed by atoms with Crippen LogP contribution >= 0.6 is 0 Å². The molecule has 0 fully saturated rings. The van der Waals surface area contributed by atoms with Gasteiger partial charge < -0.3 is 10.2 Å². The molecule has 7 heteroatoms. The molecule has 2 aromatic carbocycles. The van der Waals surface area contributed by atoms with Gasteiger partial charge in [-0.2, -0.15) is 0 Å². The summed E-state index contributed by atoms with van der Waals surface area (Å²) in [5.41, 5.74) is 1.33. The standard InChI is InChI=1S/C21H22N4O3/c1-3-24(4-2)20(27)15-8-7-9-16(12-15)23-19(26)13-25-14-22-18-11-6-5-10-17(18)21(25)28/h5-12,14H,3-4,13H2,1-2H3,(H,23,26). The van der Waals surface area contributed by atoms with Crippen molar-refractivity contribution in [3.63, 3.8) is 0 Å². The quantitative estimate of drug-likeness (QED) is 0.714. The van der Waals surface area contributed by atoms with Gasteiger partial charge in [-0.1, -0.05) is 18.2 Å². The van der Waals surface area contributed by atoms with Crippen LogP contribution in [-0.4, -0.2) is 39.4 Å². The zero-order chi connectivity index (χ0) is 20.1. The highest BCUT2D eigenvalue weighted by atomic mass is 16.2. The van der Waals surface area contributed by atoms with Gasteiger partial charge in [0.25, 0.3) is 11.5 Å². The van der Waals surface area contributed by atoms with E-state index in [2.05, 4.69) is 10.3 Å². The van der Waals surface area contributed by atoms with Crippen LogP contribution in [0.25, 0.3) is 10.9 Å². The number of anilines is 1. The highest BCUT2D eigenvalue weighted by molar-refractivity contribution is 5.97. The molecule has 0 radical (unpaired) electrons. The third-order valence-corrected chi connectivity index (χ3v) is 4.49. The Morgan fingerprint density at radius 3 is 2.57 bits per heavy atom. The number of hydrogen-bond donors (Lipinski definition) is 1. The first-order valence-corrected chi connectivity index (χ1v) is 9.16. The van der Waals surface area contributed by atoms with Crippen LogP contribution in [-0.2, 0) is 11.3 Å². The van der Waals surface area contributed by atoms with Crippen molar-refractivity contribution < 1.29 is 9.59 Å². The minimum Gasteiger partial charge on any atom is -0.339 e. The molecule has 0 aliphatic heterocycles. The third kappa shape index (κ3) is 4.09. The average molecular weight is 378 g/mol. The average Bonchev–Trinajstić information content (AvgIpc) is 2.71. The molecule has 2 amide bonds. The number of nitrogens with zero attached hydrogens (tertiary/aromatic N) is 3. The minimum absolute atomic E-state index is 0.0870. The number of carbonyl (C=O) groups is 2. The second-order valence-electron chi connectivity index (χ2n) is 6.30. The van der Waals surface area contributed by atoms with Crippen molar-refractivity contribution in [1.29, 1.82) is 0 Å². The number of carbonyl (C=O) groups excluding carboxylic acids is 2. The number of benzene rings is 2. The first-order valence-electron chi connectivity index (χ1n) is 9.16. The second-order valence-corrected chi connectivity index (χ2v) is 6.30. The Hall–Kier alpha value is -3.48. The molecule has 144 valence electrons. The SMILES string of the molecule is CCN(CC)C(=O)c1cccc(NC(=O)Cn2cnc3ccccc3c2=O)c1. The van der Waals surface area contributed by atoms with Gasteiger partial charge in [-0.05, 0) is 44.2 Å². The first-order chi connectivity index (χ1) is 13.5. The fraction of sp³-hybridized carbons (Fsp3) is 0.238. The van der Waals surface area contributed by atoms with Gasteiger partial charge in [-0.3, -0.25) is 19.0 Å². The molecule has 0 aliphatic carbocycles. The van der Waals surface area contributed by atoms with Crippen LogP contribution in [0.4, 0.5) is 5.69 Å². The van der Waals surface area contributed by atoms with Crippen LogP contribution in [0.1, 0.15) is 24.2 Å². The molecule has 0 saturated carbocycles. The fourth-order valence-electron chi connectivity index (χ4n) is 3.00. The van der Waals surface area contributed by atoms with E-state index in [0.29, 0.717) is 35.2 Å². The topological polar surface area (TPSA) is 84.3 Å². The Labute approximate surface area is 162 Å². The van der Waals surface area contributed by atoms with Crippen molar-refractivity contribution in [2.75, 3.05) is 18.4 Å². The second kappa shape index (κ2) is 8.47. The van der Waals surface area contributed by atoms with E-state index in [0.717, 1.165) is 0 Å². The predicted octanol–water partition coefficient (Wildman–Crippen LogP) is 2.52. The monoisotopic (exact) mass is 378 g/mol. The molecule has 0 aliphatic rings. The molecule has 1 heterocycles. The van der Waals surface area contributed by atoms with Gasteiger partial charge in [0.15, 0.2) is 0 Å². The van der Waals surface area contributed by atoms with Gasteiger partial charge in [-0.15, -0.1) is 0 Å². The van der Waals surface area contributed by atoms with Crippen LogP contribution in [0.2, 0.25) is 0 Å². The molecular formula is C21H22N4O3. The van der Waals surface area contributed by atoms with Gasteiger partial charge >= 0.3 is 0 Å². The number of nitrogens with one attached hydrogen (secondary N) is 1. The summed E-state index contributed by atoms with van der Waals surface area (Å²) in [6.45, 7) is 4.91. The van der Waals surface area contributed by atoms with E-state index in [1.165, 1.54) is 10.9 Å². The smallest absolute Gasteiger partial charge is 0.261 e. The lowest BCUT2D eigenvalue weighted by Crippen LogP contribution is -2.30. The van der Waals surface area contributed by atoms with E-state index in [1.54, 1.807) is 53.4 Å². The molecule has 1 N–H and O–H groups in total. The van der Waals surface area contributed by atoms with E-state index in [9.17, 15) is 14.4 Å². The van der Waals surface area contributed by atoms with Gasteiger partial charge in [0.2, 0.25) is 5.91 Å². The Morgan fingerprint density at radius 2 is 1.82 bits per heavy atom. The molecule has 0 spiro atoms. The Balaban J connectivity index is 1.75. The van der Waals surface area contributed by atoms with E-state index < -0.39 is 0 Å². The Kier molecular flexibility index (Phi) is 5.84. The molecule has 0 saturated heterocycles. The Morgan fingerprint density at radius 1 is 1.07 bits per heavy atom. The molecule has 0 atom stereocenters. The lowest BCUT2D eigenvalue weighted by Gasteiger charge is -2.19. The van der Waals surface area contributed by atoms with E-state index in [1.807, 2.05) is 13.8 Å². The van der Waals surface area contributed by atoms with Crippen molar-refractivity contribution in [3.8, 4) is 0 Å². The zero-order valence-corrected chi connectivity index (χ0v) is 15.9. The van der Waals surface area contributed by atoms with E-state index in [-0.39, 0.29) is 23.9 Å². The minimum atomic E-state index is -0.369. The van der Waals surface area contributed by atoms with Gasteiger partial charge in [-0.25, -0.2) is 4.98 Å². The lowest BCUT2D eigenvalue weighted by molar-refractivity contribution is -0.116. The van der Waals surface area contributed by atoms with Crippen LogP contribution in [0.3, 0.4) is 0 Å². The number of amides is 2. The van der Waals surface area contributed by atoms with Crippen LogP contribution < -0.4 is 10.9 Å². The van der Waals surface area contributed by atoms with Crippen molar-refractivity contribution in [2.45, 2.75) is 20.4 Å². The lowest BCUT2D eigenvalue weighted by atomic mass is 10.1. The maximum Gasteiger partial charge on any atom is 0.261 e. The number of rotatable bonds is 6. The van der Waals surface area contributed by atoms with Crippen LogP contribution in [0.5, 0.6) is 0 Å².